The van der Waals surface area contributed by atoms with Crippen LogP contribution in [-0.2, 0) is 0 Å². The summed E-state index contributed by atoms with van der Waals surface area (Å²) in [6.07, 6.45) is 2.13. The largest absolute Gasteiger partial charge is 0.465 e. The van der Waals surface area contributed by atoms with Crippen molar-refractivity contribution in [3.63, 3.8) is 0 Å². The van der Waals surface area contributed by atoms with Crippen LogP contribution in [0.15, 0.2) is 48.5 Å². The zero-order valence-electron chi connectivity index (χ0n) is 14.4. The molecule has 2 aromatic rings. The molecule has 1 saturated heterocycles. The Morgan fingerprint density at radius 2 is 1.96 bits per heavy atom. The molecule has 1 unspecified atom stereocenters. The number of nitrogens with zero attached hydrogens (tertiary/aromatic N) is 2. The first-order chi connectivity index (χ1) is 12.1. The van der Waals surface area contributed by atoms with Crippen molar-refractivity contribution in [2.75, 3.05) is 25.0 Å². The van der Waals surface area contributed by atoms with E-state index in [1.807, 2.05) is 24.3 Å². The van der Waals surface area contributed by atoms with Crippen molar-refractivity contribution in [2.45, 2.75) is 25.3 Å². The van der Waals surface area contributed by atoms with Crippen LogP contribution in [0.2, 0.25) is 0 Å². The van der Waals surface area contributed by atoms with E-state index < -0.39 is 6.09 Å². The highest BCUT2D eigenvalue weighted by Gasteiger charge is 2.24. The highest BCUT2D eigenvalue weighted by Crippen LogP contribution is 2.31. The van der Waals surface area contributed by atoms with Gasteiger partial charge in [-0.3, -0.25) is 4.90 Å². The summed E-state index contributed by atoms with van der Waals surface area (Å²) in [5.41, 5.74) is 2.24. The van der Waals surface area contributed by atoms with Crippen LogP contribution in [0.25, 0.3) is 11.1 Å². The third kappa shape index (κ3) is 3.99. The number of halogens is 1. The van der Waals surface area contributed by atoms with Gasteiger partial charge in [0.2, 0.25) is 0 Å². The standard InChI is InChI=1S/C20H23FN2O2/c1-22-13-4-5-17(22)12-14-23(20(24)25)19-7-3-2-6-18(19)15-8-10-16(21)11-9-15/h2-3,6-11,17H,4-5,12-14H2,1H3,(H,24,25). The minimum absolute atomic E-state index is 0.305. The van der Waals surface area contributed by atoms with E-state index in [2.05, 4.69) is 11.9 Å². The molecule has 25 heavy (non-hydrogen) atoms. The van der Waals surface area contributed by atoms with E-state index in [1.165, 1.54) is 23.5 Å². The van der Waals surface area contributed by atoms with Crippen LogP contribution in [0.1, 0.15) is 19.3 Å². The lowest BCUT2D eigenvalue weighted by Crippen LogP contribution is -2.35. The van der Waals surface area contributed by atoms with Crippen molar-refractivity contribution in [1.29, 1.82) is 0 Å². The average molecular weight is 342 g/mol. The smallest absolute Gasteiger partial charge is 0.411 e. The molecule has 0 bridgehead atoms. The van der Waals surface area contributed by atoms with Gasteiger partial charge in [-0.05, 0) is 56.6 Å². The van der Waals surface area contributed by atoms with Crippen molar-refractivity contribution in [2.24, 2.45) is 0 Å². The van der Waals surface area contributed by atoms with E-state index in [0.717, 1.165) is 30.5 Å². The summed E-state index contributed by atoms with van der Waals surface area (Å²) in [7, 11) is 2.09. The maximum absolute atomic E-state index is 13.2. The number of anilines is 1. The molecule has 0 radical (unpaired) electrons. The Morgan fingerprint density at radius 1 is 1.24 bits per heavy atom. The highest BCUT2D eigenvalue weighted by atomic mass is 19.1. The van der Waals surface area contributed by atoms with Gasteiger partial charge in [-0.15, -0.1) is 0 Å². The summed E-state index contributed by atoms with van der Waals surface area (Å²) < 4.78 is 13.2. The number of likely N-dealkylation sites (tertiary alicyclic amines) is 1. The first kappa shape index (κ1) is 17.4. The minimum Gasteiger partial charge on any atom is -0.465 e. The molecule has 1 atom stereocenters. The van der Waals surface area contributed by atoms with Crippen molar-refractivity contribution >= 4 is 11.8 Å². The molecular formula is C20H23FN2O2. The fourth-order valence-electron chi connectivity index (χ4n) is 3.52. The molecule has 1 N–H and O–H groups in total. The predicted molar refractivity (Wildman–Crippen MR) is 97.5 cm³/mol. The monoisotopic (exact) mass is 342 g/mol. The van der Waals surface area contributed by atoms with E-state index >= 15 is 0 Å². The van der Waals surface area contributed by atoms with Crippen molar-refractivity contribution in [3.05, 3.63) is 54.3 Å². The summed E-state index contributed by atoms with van der Waals surface area (Å²) in [6, 6.07) is 14.0. The molecule has 0 aromatic heterocycles. The fourth-order valence-corrected chi connectivity index (χ4v) is 3.52. The summed E-state index contributed by atoms with van der Waals surface area (Å²) in [5.74, 6) is -0.305. The highest BCUT2D eigenvalue weighted by molar-refractivity contribution is 5.92. The number of hydrogen-bond acceptors (Lipinski definition) is 2. The lowest BCUT2D eigenvalue weighted by molar-refractivity contribution is 0.200. The van der Waals surface area contributed by atoms with Gasteiger partial charge in [0, 0.05) is 18.2 Å². The summed E-state index contributed by atoms with van der Waals surface area (Å²) in [6.45, 7) is 1.52. The number of carboxylic acid groups (broad SMARTS) is 1. The van der Waals surface area contributed by atoms with Gasteiger partial charge < -0.3 is 10.0 Å². The lowest BCUT2D eigenvalue weighted by Gasteiger charge is -2.26. The van der Waals surface area contributed by atoms with E-state index in [1.54, 1.807) is 12.1 Å². The first-order valence-electron chi connectivity index (χ1n) is 8.62. The second-order valence-corrected chi connectivity index (χ2v) is 6.52. The molecule has 5 heteroatoms. The van der Waals surface area contributed by atoms with E-state index in [-0.39, 0.29) is 5.82 Å². The lowest BCUT2D eigenvalue weighted by atomic mass is 10.0. The van der Waals surface area contributed by atoms with Crippen molar-refractivity contribution < 1.29 is 14.3 Å². The first-order valence-corrected chi connectivity index (χ1v) is 8.62. The van der Waals surface area contributed by atoms with Crippen LogP contribution >= 0.6 is 0 Å². The van der Waals surface area contributed by atoms with Gasteiger partial charge in [0.05, 0.1) is 5.69 Å². The zero-order valence-corrected chi connectivity index (χ0v) is 14.4. The molecule has 3 rings (SSSR count). The Bertz CT molecular complexity index is 733. The number of amides is 1. The van der Waals surface area contributed by atoms with Gasteiger partial charge in [-0.25, -0.2) is 9.18 Å². The van der Waals surface area contributed by atoms with Crippen LogP contribution < -0.4 is 4.90 Å². The molecule has 0 spiro atoms. The van der Waals surface area contributed by atoms with E-state index in [9.17, 15) is 14.3 Å². The van der Waals surface area contributed by atoms with E-state index in [4.69, 9.17) is 0 Å². The number of rotatable bonds is 5. The van der Waals surface area contributed by atoms with Crippen LogP contribution in [0.3, 0.4) is 0 Å². The summed E-state index contributed by atoms with van der Waals surface area (Å²) in [4.78, 5) is 15.6. The zero-order chi connectivity index (χ0) is 17.8. The SMILES string of the molecule is CN1CCCC1CCN(C(=O)O)c1ccccc1-c1ccc(F)cc1. The summed E-state index contributed by atoms with van der Waals surface area (Å²) in [5, 5.41) is 9.73. The molecule has 1 aliphatic heterocycles. The van der Waals surface area contributed by atoms with Gasteiger partial charge in [-0.2, -0.15) is 0 Å². The normalized spacial score (nSPS) is 17.6. The molecular weight excluding hydrogens is 319 g/mol. The Balaban J connectivity index is 1.86. The Hall–Kier alpha value is -2.40. The van der Waals surface area contributed by atoms with Gasteiger partial charge in [-0.1, -0.05) is 30.3 Å². The molecule has 1 aliphatic rings. The maximum atomic E-state index is 13.2. The second kappa shape index (κ2) is 7.66. The van der Waals surface area contributed by atoms with Crippen LogP contribution in [0.4, 0.5) is 14.9 Å². The summed E-state index contributed by atoms with van der Waals surface area (Å²) >= 11 is 0. The third-order valence-corrected chi connectivity index (χ3v) is 4.94. The molecule has 1 heterocycles. The Morgan fingerprint density at radius 3 is 2.60 bits per heavy atom. The predicted octanol–water partition coefficient (Wildman–Crippen LogP) is 4.46. The number of para-hydroxylation sites is 1. The molecule has 132 valence electrons. The van der Waals surface area contributed by atoms with Crippen LogP contribution in [0, 0.1) is 5.82 Å². The van der Waals surface area contributed by atoms with Gasteiger partial charge in [0.15, 0.2) is 0 Å². The molecule has 4 nitrogen and oxygen atoms in total. The van der Waals surface area contributed by atoms with Crippen molar-refractivity contribution in [1.82, 2.24) is 4.90 Å². The molecule has 2 aromatic carbocycles. The van der Waals surface area contributed by atoms with Gasteiger partial charge >= 0.3 is 6.09 Å². The van der Waals surface area contributed by atoms with Crippen LogP contribution in [0.5, 0.6) is 0 Å². The molecule has 0 aliphatic carbocycles. The fraction of sp³-hybridized carbons (Fsp3) is 0.350. The van der Waals surface area contributed by atoms with Crippen molar-refractivity contribution in [3.8, 4) is 11.1 Å². The second-order valence-electron chi connectivity index (χ2n) is 6.52. The van der Waals surface area contributed by atoms with Gasteiger partial charge in [0.1, 0.15) is 5.82 Å². The average Bonchev–Trinajstić information content (AvgIpc) is 3.01. The Labute approximate surface area is 147 Å². The third-order valence-electron chi connectivity index (χ3n) is 4.94. The Kier molecular flexibility index (Phi) is 5.34. The molecule has 0 saturated carbocycles. The van der Waals surface area contributed by atoms with E-state index in [0.29, 0.717) is 18.3 Å². The molecule has 1 fully saturated rings. The number of carbonyl (C=O) groups is 1. The van der Waals surface area contributed by atoms with Crippen LogP contribution in [-0.4, -0.2) is 42.3 Å². The molecule has 1 amide bonds. The number of benzene rings is 2. The number of hydrogen-bond donors (Lipinski definition) is 1. The maximum Gasteiger partial charge on any atom is 0.411 e. The quantitative estimate of drug-likeness (QED) is 0.872. The van der Waals surface area contributed by atoms with Gasteiger partial charge in [0.25, 0.3) is 0 Å². The minimum atomic E-state index is -0.963. The topological polar surface area (TPSA) is 43.8 Å².